The third kappa shape index (κ3) is 4.63. The summed E-state index contributed by atoms with van der Waals surface area (Å²) in [5.74, 6) is -0.996. The molecule has 21 heavy (non-hydrogen) atoms. The maximum Gasteiger partial charge on any atom is 0.328 e. The van der Waals surface area contributed by atoms with E-state index in [2.05, 4.69) is 10.6 Å². The molecule has 2 amide bonds. The van der Waals surface area contributed by atoms with Crippen LogP contribution in [-0.4, -0.2) is 23.1 Å². The molecule has 1 aliphatic rings. The summed E-state index contributed by atoms with van der Waals surface area (Å²) in [6.07, 6.45) is 6.98. The molecule has 112 valence electrons. The second-order valence-electron chi connectivity index (χ2n) is 5.33. The zero-order valence-electron chi connectivity index (χ0n) is 12.1. The number of aliphatic carboxylic acids is 1. The number of hydrogen-bond donors (Lipinski definition) is 3. The van der Waals surface area contributed by atoms with E-state index < -0.39 is 5.97 Å². The van der Waals surface area contributed by atoms with Crippen molar-refractivity contribution in [2.24, 2.45) is 0 Å². The Labute approximate surface area is 124 Å². The van der Waals surface area contributed by atoms with Crippen molar-refractivity contribution < 1.29 is 14.7 Å². The van der Waals surface area contributed by atoms with Gasteiger partial charge in [-0.25, -0.2) is 9.59 Å². The molecule has 1 aliphatic carbocycles. The predicted octanol–water partition coefficient (Wildman–Crippen LogP) is 3.16. The smallest absolute Gasteiger partial charge is 0.328 e. The number of aryl methyl sites for hydroxylation is 1. The summed E-state index contributed by atoms with van der Waals surface area (Å²) < 4.78 is 0. The highest BCUT2D eigenvalue weighted by Crippen LogP contribution is 2.20. The van der Waals surface area contributed by atoms with Crippen molar-refractivity contribution in [2.45, 2.75) is 38.6 Å². The number of anilines is 1. The molecule has 0 unspecified atom stereocenters. The molecule has 0 bridgehead atoms. The van der Waals surface area contributed by atoms with Gasteiger partial charge in [-0.15, -0.1) is 0 Å². The van der Waals surface area contributed by atoms with Crippen LogP contribution in [0.3, 0.4) is 0 Å². The summed E-state index contributed by atoms with van der Waals surface area (Å²) >= 11 is 0. The van der Waals surface area contributed by atoms with Crippen LogP contribution in [0.15, 0.2) is 24.3 Å². The molecule has 1 aromatic rings. The van der Waals surface area contributed by atoms with Crippen molar-refractivity contribution in [3.63, 3.8) is 0 Å². The minimum Gasteiger partial charge on any atom is -0.478 e. The first-order valence-corrected chi connectivity index (χ1v) is 7.14. The number of carboxylic acid groups (broad SMARTS) is 1. The molecule has 0 atom stereocenters. The van der Waals surface area contributed by atoms with E-state index in [0.29, 0.717) is 5.69 Å². The quantitative estimate of drug-likeness (QED) is 0.745. The van der Waals surface area contributed by atoms with Crippen LogP contribution in [-0.2, 0) is 4.79 Å². The summed E-state index contributed by atoms with van der Waals surface area (Å²) in [7, 11) is 0. The number of carboxylic acids is 1. The first-order chi connectivity index (χ1) is 10.0. The average molecular weight is 288 g/mol. The Bertz CT molecular complexity index is 561. The molecule has 5 nitrogen and oxygen atoms in total. The van der Waals surface area contributed by atoms with Gasteiger partial charge < -0.3 is 15.7 Å². The first-order valence-electron chi connectivity index (χ1n) is 7.14. The van der Waals surface area contributed by atoms with Crippen molar-refractivity contribution in [3.8, 4) is 0 Å². The Balaban J connectivity index is 2.02. The van der Waals surface area contributed by atoms with E-state index in [9.17, 15) is 9.59 Å². The predicted molar refractivity (Wildman–Crippen MR) is 82.3 cm³/mol. The highest BCUT2D eigenvalue weighted by molar-refractivity contribution is 5.91. The van der Waals surface area contributed by atoms with E-state index in [1.54, 1.807) is 6.07 Å². The molecule has 5 heteroatoms. The molecule has 0 saturated heterocycles. The van der Waals surface area contributed by atoms with Gasteiger partial charge in [0.15, 0.2) is 0 Å². The molecule has 1 aromatic carbocycles. The average Bonchev–Trinajstić information content (AvgIpc) is 2.92. The van der Waals surface area contributed by atoms with Crippen LogP contribution >= 0.6 is 0 Å². The zero-order valence-corrected chi connectivity index (χ0v) is 12.1. The summed E-state index contributed by atoms with van der Waals surface area (Å²) in [4.78, 5) is 22.5. The molecule has 0 spiro atoms. The van der Waals surface area contributed by atoms with Crippen LogP contribution in [0, 0.1) is 6.92 Å². The van der Waals surface area contributed by atoms with Crippen LogP contribution in [0.2, 0.25) is 0 Å². The number of carbonyl (C=O) groups is 2. The molecule has 2 rings (SSSR count). The molecular weight excluding hydrogens is 268 g/mol. The fraction of sp³-hybridized carbons (Fsp3) is 0.375. The second kappa shape index (κ2) is 6.92. The normalized spacial score (nSPS) is 15.3. The number of carbonyl (C=O) groups excluding carboxylic acids is 1. The van der Waals surface area contributed by atoms with Crippen molar-refractivity contribution in [3.05, 3.63) is 35.4 Å². The van der Waals surface area contributed by atoms with Crippen LogP contribution in [0.1, 0.15) is 36.8 Å². The molecule has 0 heterocycles. The maximum atomic E-state index is 12.0. The van der Waals surface area contributed by atoms with Gasteiger partial charge in [0.2, 0.25) is 0 Å². The van der Waals surface area contributed by atoms with Crippen LogP contribution in [0.4, 0.5) is 10.5 Å². The third-order valence-electron chi connectivity index (χ3n) is 3.62. The monoisotopic (exact) mass is 288 g/mol. The molecule has 0 aliphatic heterocycles. The fourth-order valence-electron chi connectivity index (χ4n) is 2.46. The van der Waals surface area contributed by atoms with Gasteiger partial charge >= 0.3 is 12.0 Å². The van der Waals surface area contributed by atoms with Gasteiger partial charge in [-0.05, 0) is 43.0 Å². The fourth-order valence-corrected chi connectivity index (χ4v) is 2.46. The van der Waals surface area contributed by atoms with Crippen molar-refractivity contribution in [1.82, 2.24) is 5.32 Å². The number of nitrogens with one attached hydrogen (secondary N) is 2. The number of urea groups is 1. The highest BCUT2D eigenvalue weighted by Gasteiger charge is 2.17. The lowest BCUT2D eigenvalue weighted by molar-refractivity contribution is -0.131. The molecule has 3 N–H and O–H groups in total. The SMILES string of the molecule is Cc1ccc(/C=C/C(=O)O)cc1NC(=O)NC1CCCC1. The van der Waals surface area contributed by atoms with E-state index in [4.69, 9.17) is 5.11 Å². The van der Waals surface area contributed by atoms with E-state index in [1.165, 1.54) is 18.9 Å². The number of benzene rings is 1. The van der Waals surface area contributed by atoms with Crippen LogP contribution in [0.5, 0.6) is 0 Å². The number of rotatable bonds is 4. The molecular formula is C16H20N2O3. The molecule has 0 aromatic heterocycles. The van der Waals surface area contributed by atoms with Gasteiger partial charge in [-0.2, -0.15) is 0 Å². The minimum absolute atomic E-state index is 0.204. The summed E-state index contributed by atoms with van der Waals surface area (Å²) in [5, 5.41) is 14.4. The van der Waals surface area contributed by atoms with Crippen molar-refractivity contribution in [2.75, 3.05) is 5.32 Å². The lowest BCUT2D eigenvalue weighted by Gasteiger charge is -2.14. The van der Waals surface area contributed by atoms with E-state index in [0.717, 1.165) is 30.0 Å². The molecule has 1 saturated carbocycles. The van der Waals surface area contributed by atoms with E-state index in [1.807, 2.05) is 19.1 Å². The molecule has 1 fully saturated rings. The summed E-state index contributed by atoms with van der Waals surface area (Å²) in [6, 6.07) is 5.50. The van der Waals surface area contributed by atoms with Gasteiger partial charge in [0, 0.05) is 17.8 Å². The van der Waals surface area contributed by atoms with E-state index in [-0.39, 0.29) is 12.1 Å². The van der Waals surface area contributed by atoms with Crippen LogP contribution in [0.25, 0.3) is 6.08 Å². The minimum atomic E-state index is -0.996. The van der Waals surface area contributed by atoms with Gasteiger partial charge in [-0.3, -0.25) is 0 Å². The Morgan fingerprint density at radius 1 is 1.29 bits per heavy atom. The summed E-state index contributed by atoms with van der Waals surface area (Å²) in [5.41, 5.74) is 2.36. The second-order valence-corrected chi connectivity index (χ2v) is 5.33. The van der Waals surface area contributed by atoms with Gasteiger partial charge in [-0.1, -0.05) is 25.0 Å². The van der Waals surface area contributed by atoms with E-state index >= 15 is 0 Å². The Hall–Kier alpha value is -2.30. The number of hydrogen-bond acceptors (Lipinski definition) is 2. The summed E-state index contributed by atoms with van der Waals surface area (Å²) in [6.45, 7) is 1.90. The van der Waals surface area contributed by atoms with Crippen molar-refractivity contribution >= 4 is 23.8 Å². The highest BCUT2D eigenvalue weighted by atomic mass is 16.4. The zero-order chi connectivity index (χ0) is 15.2. The lowest BCUT2D eigenvalue weighted by atomic mass is 10.1. The van der Waals surface area contributed by atoms with Gasteiger partial charge in [0.05, 0.1) is 0 Å². The molecule has 0 radical (unpaired) electrons. The number of amides is 2. The van der Waals surface area contributed by atoms with Gasteiger partial charge in [0.25, 0.3) is 0 Å². The van der Waals surface area contributed by atoms with Crippen LogP contribution < -0.4 is 10.6 Å². The lowest BCUT2D eigenvalue weighted by Crippen LogP contribution is -2.36. The Morgan fingerprint density at radius 3 is 2.67 bits per heavy atom. The van der Waals surface area contributed by atoms with Gasteiger partial charge in [0.1, 0.15) is 0 Å². The Morgan fingerprint density at radius 2 is 2.00 bits per heavy atom. The topological polar surface area (TPSA) is 78.4 Å². The standard InChI is InChI=1S/C16H20N2O3/c1-11-6-7-12(8-9-15(19)20)10-14(11)18-16(21)17-13-4-2-3-5-13/h6-10,13H,2-5H2,1H3,(H,19,20)(H2,17,18,21)/b9-8+. The maximum absolute atomic E-state index is 12.0. The largest absolute Gasteiger partial charge is 0.478 e. The van der Waals surface area contributed by atoms with Crippen molar-refractivity contribution in [1.29, 1.82) is 0 Å². The Kier molecular flexibility index (Phi) is 4.98. The first kappa shape index (κ1) is 15.1. The third-order valence-corrected chi connectivity index (χ3v) is 3.62.